The maximum Gasteiger partial charge on any atom is 0.000511 e. The van der Waals surface area contributed by atoms with E-state index in [1.54, 1.807) is 44.9 Å². The molecule has 0 saturated heterocycles. The number of fused-ring (bicyclic) bond motifs is 1. The molecular weight excluding hydrogens is 170 g/mol. The quantitative estimate of drug-likeness (QED) is 0.711. The van der Waals surface area contributed by atoms with Crippen LogP contribution in [0.15, 0.2) is 0 Å². The van der Waals surface area contributed by atoms with E-state index in [1.807, 2.05) is 0 Å². The molecule has 1 heteroatoms. The van der Waals surface area contributed by atoms with Crippen molar-refractivity contribution in [1.29, 1.82) is 0 Å². The molecule has 0 aromatic rings. The minimum atomic E-state index is 0.724. The Morgan fingerprint density at radius 1 is 1.00 bits per heavy atom. The topological polar surface area (TPSA) is 12.0 Å². The van der Waals surface area contributed by atoms with E-state index in [0.29, 0.717) is 0 Å². The summed E-state index contributed by atoms with van der Waals surface area (Å²) < 4.78 is 0. The van der Waals surface area contributed by atoms with E-state index >= 15 is 0 Å². The van der Waals surface area contributed by atoms with Gasteiger partial charge in [-0.3, -0.25) is 0 Å². The number of nitrogens with one attached hydrogen (secondary N) is 1. The summed E-state index contributed by atoms with van der Waals surface area (Å²) in [5.41, 5.74) is 0.724. The zero-order valence-electron chi connectivity index (χ0n) is 9.39. The van der Waals surface area contributed by atoms with Crippen molar-refractivity contribution < 1.29 is 0 Å². The third kappa shape index (κ3) is 1.41. The number of hydrogen-bond acceptors (Lipinski definition) is 1. The van der Waals surface area contributed by atoms with Gasteiger partial charge in [-0.15, -0.1) is 0 Å². The Bertz CT molecular complexity index is 207. The summed E-state index contributed by atoms with van der Waals surface area (Å²) in [7, 11) is 2.13. The van der Waals surface area contributed by atoms with Gasteiger partial charge in [0, 0.05) is 6.54 Å². The largest absolute Gasteiger partial charge is 0.319 e. The maximum atomic E-state index is 3.45. The Hall–Kier alpha value is -0.0400. The zero-order valence-corrected chi connectivity index (χ0v) is 9.39. The van der Waals surface area contributed by atoms with Gasteiger partial charge < -0.3 is 5.32 Å². The van der Waals surface area contributed by atoms with Crippen molar-refractivity contribution in [2.24, 2.45) is 23.2 Å². The average Bonchev–Trinajstić information content (AvgIpc) is 2.32. The van der Waals surface area contributed by atoms with Crippen LogP contribution >= 0.6 is 0 Å². The molecule has 0 heterocycles. The second-order valence-electron chi connectivity index (χ2n) is 6.29. The van der Waals surface area contributed by atoms with Gasteiger partial charge in [0.05, 0.1) is 0 Å². The standard InChI is InChI=1S/C13H23N/c1-14-9-13-6-10-2-3-11(7-13)5-12(4-10)8-13/h10-12,14H,2-9H2,1H3/t10-,11-,12?,13?/m1/s1. The van der Waals surface area contributed by atoms with Crippen molar-refractivity contribution in [1.82, 2.24) is 5.32 Å². The summed E-state index contributed by atoms with van der Waals surface area (Å²) in [4.78, 5) is 0. The molecule has 4 aliphatic carbocycles. The van der Waals surface area contributed by atoms with Gasteiger partial charge in [0.2, 0.25) is 0 Å². The summed E-state index contributed by atoms with van der Waals surface area (Å²) in [5, 5.41) is 3.45. The molecule has 4 fully saturated rings. The van der Waals surface area contributed by atoms with E-state index in [4.69, 9.17) is 0 Å². The third-order valence-corrected chi connectivity index (χ3v) is 5.03. The van der Waals surface area contributed by atoms with Gasteiger partial charge >= 0.3 is 0 Å². The molecule has 0 amide bonds. The van der Waals surface area contributed by atoms with Crippen LogP contribution in [0.1, 0.15) is 44.9 Å². The van der Waals surface area contributed by atoms with Crippen molar-refractivity contribution >= 4 is 0 Å². The molecule has 0 radical (unpaired) electrons. The van der Waals surface area contributed by atoms with Crippen molar-refractivity contribution in [2.75, 3.05) is 13.6 Å². The van der Waals surface area contributed by atoms with Crippen LogP contribution in [0.5, 0.6) is 0 Å². The fourth-order valence-corrected chi connectivity index (χ4v) is 4.96. The lowest BCUT2D eigenvalue weighted by Crippen LogP contribution is -2.43. The monoisotopic (exact) mass is 193 g/mol. The molecule has 0 aromatic heterocycles. The molecule has 0 unspecified atom stereocenters. The molecule has 4 bridgehead atoms. The second kappa shape index (κ2) is 3.23. The molecule has 1 N–H and O–H groups in total. The highest BCUT2D eigenvalue weighted by atomic mass is 14.8. The molecule has 0 aliphatic heterocycles. The lowest BCUT2D eigenvalue weighted by atomic mass is 9.58. The SMILES string of the molecule is CNCC12CC3C[C@@H](CC[C@H](C3)C1)C2. The Balaban J connectivity index is 1.86. The lowest BCUT2D eigenvalue weighted by Gasteiger charge is -2.48. The van der Waals surface area contributed by atoms with Crippen molar-refractivity contribution in [2.45, 2.75) is 44.9 Å². The van der Waals surface area contributed by atoms with Crippen LogP contribution in [0, 0.1) is 23.2 Å². The summed E-state index contributed by atoms with van der Waals surface area (Å²) >= 11 is 0. The lowest BCUT2D eigenvalue weighted by molar-refractivity contribution is 0.0365. The maximum absolute atomic E-state index is 3.45. The second-order valence-corrected chi connectivity index (χ2v) is 6.29. The van der Waals surface area contributed by atoms with Crippen molar-refractivity contribution in [3.05, 3.63) is 0 Å². The molecule has 4 rings (SSSR count). The first kappa shape index (κ1) is 9.21. The van der Waals surface area contributed by atoms with Crippen LogP contribution in [0.2, 0.25) is 0 Å². The minimum Gasteiger partial charge on any atom is -0.319 e. The molecule has 4 aliphatic rings. The van der Waals surface area contributed by atoms with E-state index in [2.05, 4.69) is 12.4 Å². The summed E-state index contributed by atoms with van der Waals surface area (Å²) in [6.07, 6.45) is 10.9. The number of rotatable bonds is 2. The molecule has 4 saturated carbocycles. The number of hydrogen-bond donors (Lipinski definition) is 1. The first-order valence-corrected chi connectivity index (χ1v) is 6.44. The fraction of sp³-hybridized carbons (Fsp3) is 1.00. The molecule has 80 valence electrons. The highest BCUT2D eigenvalue weighted by molar-refractivity contribution is 4.99. The van der Waals surface area contributed by atoms with Crippen LogP contribution in [-0.4, -0.2) is 13.6 Å². The van der Waals surface area contributed by atoms with E-state index < -0.39 is 0 Å². The van der Waals surface area contributed by atoms with Gasteiger partial charge in [-0.05, 0) is 62.3 Å². The van der Waals surface area contributed by atoms with Gasteiger partial charge in [-0.2, -0.15) is 0 Å². The molecule has 14 heavy (non-hydrogen) atoms. The zero-order chi connectivity index (χ0) is 9.60. The van der Waals surface area contributed by atoms with Gasteiger partial charge in [0.25, 0.3) is 0 Å². The van der Waals surface area contributed by atoms with Crippen LogP contribution in [0.4, 0.5) is 0 Å². The van der Waals surface area contributed by atoms with Crippen molar-refractivity contribution in [3.63, 3.8) is 0 Å². The highest BCUT2D eigenvalue weighted by Gasteiger charge is 2.47. The normalized spacial score (nSPS) is 50.8. The van der Waals surface area contributed by atoms with E-state index in [9.17, 15) is 0 Å². The highest BCUT2D eigenvalue weighted by Crippen LogP contribution is 2.57. The Morgan fingerprint density at radius 3 is 2.14 bits per heavy atom. The van der Waals surface area contributed by atoms with Crippen molar-refractivity contribution in [3.8, 4) is 0 Å². The predicted octanol–water partition coefficient (Wildman–Crippen LogP) is 2.81. The van der Waals surface area contributed by atoms with Gasteiger partial charge in [0.15, 0.2) is 0 Å². The van der Waals surface area contributed by atoms with E-state index in [0.717, 1.165) is 23.2 Å². The molecule has 0 spiro atoms. The smallest absolute Gasteiger partial charge is 0.000511 e. The summed E-state index contributed by atoms with van der Waals surface area (Å²) in [6.45, 7) is 1.29. The first-order valence-electron chi connectivity index (χ1n) is 6.44. The van der Waals surface area contributed by atoms with Crippen LogP contribution < -0.4 is 5.32 Å². The summed E-state index contributed by atoms with van der Waals surface area (Å²) in [5.74, 6) is 3.28. The molecule has 0 aromatic carbocycles. The molecular formula is C13H23N. The predicted molar refractivity (Wildman–Crippen MR) is 59.1 cm³/mol. The van der Waals surface area contributed by atoms with Gasteiger partial charge in [-0.1, -0.05) is 12.8 Å². The molecule has 1 nitrogen and oxygen atoms in total. The van der Waals surface area contributed by atoms with Gasteiger partial charge in [0.1, 0.15) is 0 Å². The molecule has 2 atom stereocenters. The Kier molecular flexibility index (Phi) is 2.12. The van der Waals surface area contributed by atoms with Gasteiger partial charge in [-0.25, -0.2) is 0 Å². The Labute approximate surface area is 87.7 Å². The van der Waals surface area contributed by atoms with E-state index in [1.165, 1.54) is 6.54 Å². The third-order valence-electron chi connectivity index (χ3n) is 5.03. The van der Waals surface area contributed by atoms with Crippen LogP contribution in [0.3, 0.4) is 0 Å². The van der Waals surface area contributed by atoms with Crippen LogP contribution in [-0.2, 0) is 0 Å². The Morgan fingerprint density at radius 2 is 1.57 bits per heavy atom. The average molecular weight is 193 g/mol. The minimum absolute atomic E-state index is 0.724. The van der Waals surface area contributed by atoms with Crippen LogP contribution in [0.25, 0.3) is 0 Å². The fourth-order valence-electron chi connectivity index (χ4n) is 4.96. The summed E-state index contributed by atoms with van der Waals surface area (Å²) in [6, 6.07) is 0. The first-order chi connectivity index (χ1) is 6.80. The van der Waals surface area contributed by atoms with E-state index in [-0.39, 0.29) is 0 Å².